The first-order chi connectivity index (χ1) is 11.0. The van der Waals surface area contributed by atoms with Crippen LogP contribution in [0, 0.1) is 5.82 Å². The Morgan fingerprint density at radius 3 is 2.78 bits per heavy atom. The van der Waals surface area contributed by atoms with Crippen molar-refractivity contribution < 1.29 is 18.7 Å². The van der Waals surface area contributed by atoms with Crippen molar-refractivity contribution in [3.63, 3.8) is 0 Å². The zero-order chi connectivity index (χ0) is 16.8. The van der Waals surface area contributed by atoms with Crippen LogP contribution in [0.2, 0.25) is 0 Å². The molecule has 0 aliphatic carbocycles. The van der Waals surface area contributed by atoms with Crippen molar-refractivity contribution in [2.45, 2.75) is 18.6 Å². The summed E-state index contributed by atoms with van der Waals surface area (Å²) in [7, 11) is 0. The van der Waals surface area contributed by atoms with E-state index in [1.54, 1.807) is 18.2 Å². The van der Waals surface area contributed by atoms with Crippen molar-refractivity contribution in [3.8, 4) is 0 Å². The van der Waals surface area contributed by atoms with Crippen molar-refractivity contribution in [1.82, 2.24) is 4.90 Å². The molecule has 0 bridgehead atoms. The normalized spacial score (nSPS) is 19.2. The summed E-state index contributed by atoms with van der Waals surface area (Å²) in [6.07, 6.45) is 2.03. The Morgan fingerprint density at radius 2 is 2.17 bits per heavy atom. The topological polar surface area (TPSA) is 59.0 Å². The largest absolute Gasteiger partial charge is 0.466 e. The van der Waals surface area contributed by atoms with E-state index >= 15 is 0 Å². The van der Waals surface area contributed by atoms with Gasteiger partial charge in [-0.25, -0.2) is 9.38 Å². The highest BCUT2D eigenvalue weighted by atomic mass is 32.2. The van der Waals surface area contributed by atoms with Gasteiger partial charge in [0.15, 0.2) is 5.17 Å². The average Bonchev–Trinajstić information content (AvgIpc) is 2.79. The quantitative estimate of drug-likeness (QED) is 0.592. The van der Waals surface area contributed by atoms with Crippen LogP contribution in [0.1, 0.15) is 13.3 Å². The molecule has 0 radical (unpaired) electrons. The molecule has 1 aliphatic heterocycles. The minimum Gasteiger partial charge on any atom is -0.466 e. The molecule has 1 aromatic carbocycles. The third kappa shape index (κ3) is 4.66. The van der Waals surface area contributed by atoms with Crippen LogP contribution in [0.5, 0.6) is 0 Å². The summed E-state index contributed by atoms with van der Waals surface area (Å²) in [6, 6.07) is 5.73. The van der Waals surface area contributed by atoms with Gasteiger partial charge >= 0.3 is 5.97 Å². The van der Waals surface area contributed by atoms with Gasteiger partial charge in [-0.1, -0.05) is 17.8 Å². The van der Waals surface area contributed by atoms with Crippen molar-refractivity contribution in [3.05, 3.63) is 42.7 Å². The molecule has 0 spiro atoms. The average molecular weight is 336 g/mol. The standard InChI is InChI=1S/C16H17FN2O3S/c1-3-9-19-15(21)14(8-10-22-11(2)20)23-16(19)18-13-6-4-12(17)5-7-13/h3-7,14H,1,8-10H2,2H3. The summed E-state index contributed by atoms with van der Waals surface area (Å²) in [5, 5.41) is 0.183. The van der Waals surface area contributed by atoms with Crippen molar-refractivity contribution in [2.75, 3.05) is 13.2 Å². The van der Waals surface area contributed by atoms with Gasteiger partial charge in [0, 0.05) is 19.9 Å². The Balaban J connectivity index is 2.13. The lowest BCUT2D eigenvalue weighted by Gasteiger charge is -2.13. The Kier molecular flexibility index (Phi) is 5.92. The number of esters is 1. The van der Waals surface area contributed by atoms with Gasteiger partial charge in [0.2, 0.25) is 5.91 Å². The number of hydrogen-bond donors (Lipinski definition) is 0. The third-order valence-corrected chi connectivity index (χ3v) is 4.31. The van der Waals surface area contributed by atoms with Crippen LogP contribution >= 0.6 is 11.8 Å². The Bertz CT molecular complexity index is 631. The van der Waals surface area contributed by atoms with E-state index in [1.165, 1.54) is 35.7 Å². The van der Waals surface area contributed by atoms with Gasteiger partial charge in [-0.05, 0) is 24.3 Å². The Hall–Kier alpha value is -2.15. The zero-order valence-corrected chi connectivity index (χ0v) is 13.5. The number of carbonyl (C=O) groups excluding carboxylic acids is 2. The summed E-state index contributed by atoms with van der Waals surface area (Å²) in [6.45, 7) is 5.50. The van der Waals surface area contributed by atoms with E-state index in [4.69, 9.17) is 4.74 Å². The van der Waals surface area contributed by atoms with E-state index < -0.39 is 0 Å². The predicted octanol–water partition coefficient (Wildman–Crippen LogP) is 2.90. The Morgan fingerprint density at radius 1 is 1.48 bits per heavy atom. The third-order valence-electron chi connectivity index (χ3n) is 3.07. The highest BCUT2D eigenvalue weighted by Gasteiger charge is 2.37. The summed E-state index contributed by atoms with van der Waals surface area (Å²) >= 11 is 1.31. The van der Waals surface area contributed by atoms with Crippen LogP contribution in [-0.4, -0.2) is 40.3 Å². The van der Waals surface area contributed by atoms with Gasteiger partial charge in [0.1, 0.15) is 5.82 Å². The highest BCUT2D eigenvalue weighted by Crippen LogP contribution is 2.31. The lowest BCUT2D eigenvalue weighted by molar-refractivity contribution is -0.141. The number of hydrogen-bond acceptors (Lipinski definition) is 5. The van der Waals surface area contributed by atoms with Crippen LogP contribution in [0.3, 0.4) is 0 Å². The van der Waals surface area contributed by atoms with E-state index in [-0.39, 0.29) is 29.6 Å². The van der Waals surface area contributed by atoms with E-state index in [0.29, 0.717) is 23.8 Å². The Labute approximate surface area is 138 Å². The smallest absolute Gasteiger partial charge is 0.302 e. The minimum absolute atomic E-state index is 0.0945. The van der Waals surface area contributed by atoms with Crippen LogP contribution in [0.4, 0.5) is 10.1 Å². The number of aliphatic imine (C=N–C) groups is 1. The van der Waals surface area contributed by atoms with E-state index in [2.05, 4.69) is 11.6 Å². The number of nitrogens with zero attached hydrogens (tertiary/aromatic N) is 2. The highest BCUT2D eigenvalue weighted by molar-refractivity contribution is 8.15. The fourth-order valence-electron chi connectivity index (χ4n) is 2.01. The molecule has 0 saturated carbocycles. The van der Waals surface area contributed by atoms with Crippen LogP contribution < -0.4 is 0 Å². The van der Waals surface area contributed by atoms with Gasteiger partial charge < -0.3 is 4.74 Å². The second-order valence-corrected chi connectivity index (χ2v) is 6.01. The van der Waals surface area contributed by atoms with Gasteiger partial charge in [-0.3, -0.25) is 14.5 Å². The molecule has 7 heteroatoms. The molecule has 0 N–H and O–H groups in total. The second kappa shape index (κ2) is 7.92. The maximum Gasteiger partial charge on any atom is 0.302 e. The van der Waals surface area contributed by atoms with Gasteiger partial charge in [0.25, 0.3) is 0 Å². The van der Waals surface area contributed by atoms with Gasteiger partial charge in [0.05, 0.1) is 17.5 Å². The molecule has 1 unspecified atom stereocenters. The molecule has 1 heterocycles. The number of ether oxygens (including phenoxy) is 1. The number of carbonyl (C=O) groups is 2. The molecule has 122 valence electrons. The maximum absolute atomic E-state index is 13.0. The number of thioether (sulfide) groups is 1. The first-order valence-electron chi connectivity index (χ1n) is 7.08. The second-order valence-electron chi connectivity index (χ2n) is 4.84. The molecule has 1 aliphatic rings. The monoisotopic (exact) mass is 336 g/mol. The molecular formula is C16H17FN2O3S. The minimum atomic E-state index is -0.372. The zero-order valence-electron chi connectivity index (χ0n) is 12.7. The molecule has 0 aromatic heterocycles. The molecule has 2 rings (SSSR count). The lowest BCUT2D eigenvalue weighted by Crippen LogP contribution is -2.32. The maximum atomic E-state index is 13.0. The molecule has 23 heavy (non-hydrogen) atoms. The van der Waals surface area contributed by atoms with Gasteiger partial charge in [-0.15, -0.1) is 6.58 Å². The molecule has 1 atom stereocenters. The summed E-state index contributed by atoms with van der Waals surface area (Å²) in [5.41, 5.74) is 0.566. The van der Waals surface area contributed by atoms with E-state index in [9.17, 15) is 14.0 Å². The van der Waals surface area contributed by atoms with Crippen molar-refractivity contribution in [2.24, 2.45) is 4.99 Å². The first kappa shape index (κ1) is 17.2. The molecule has 1 amide bonds. The molecular weight excluding hydrogens is 319 g/mol. The van der Waals surface area contributed by atoms with Crippen LogP contribution in [-0.2, 0) is 14.3 Å². The summed E-state index contributed by atoms with van der Waals surface area (Å²) in [4.78, 5) is 29.1. The number of halogens is 1. The number of amides is 1. The summed E-state index contributed by atoms with van der Waals surface area (Å²) < 4.78 is 17.8. The fourth-order valence-corrected chi connectivity index (χ4v) is 3.16. The number of benzene rings is 1. The SMILES string of the molecule is C=CCN1C(=O)C(CCOC(C)=O)SC1=Nc1ccc(F)cc1. The first-order valence-corrected chi connectivity index (χ1v) is 7.95. The molecule has 5 nitrogen and oxygen atoms in total. The van der Waals surface area contributed by atoms with Crippen LogP contribution in [0.15, 0.2) is 41.9 Å². The molecule has 1 aromatic rings. The predicted molar refractivity (Wildman–Crippen MR) is 88.0 cm³/mol. The molecule has 1 saturated heterocycles. The van der Waals surface area contributed by atoms with Gasteiger partial charge in [-0.2, -0.15) is 0 Å². The van der Waals surface area contributed by atoms with Crippen molar-refractivity contribution >= 4 is 34.5 Å². The molecule has 1 fully saturated rings. The lowest BCUT2D eigenvalue weighted by atomic mass is 10.3. The van der Waals surface area contributed by atoms with E-state index in [0.717, 1.165) is 0 Å². The fraction of sp³-hybridized carbons (Fsp3) is 0.312. The number of amidine groups is 1. The van der Waals surface area contributed by atoms with E-state index in [1.807, 2.05) is 0 Å². The summed E-state index contributed by atoms with van der Waals surface area (Å²) in [5.74, 6) is -0.808. The van der Waals surface area contributed by atoms with Crippen LogP contribution in [0.25, 0.3) is 0 Å². The number of rotatable bonds is 6. The van der Waals surface area contributed by atoms with Crippen molar-refractivity contribution in [1.29, 1.82) is 0 Å².